The van der Waals surface area contributed by atoms with Crippen LogP contribution in [0.2, 0.25) is 0 Å². The number of ether oxygens (including phenoxy) is 1. The van der Waals surface area contributed by atoms with Gasteiger partial charge in [-0.15, -0.1) is 0 Å². The second kappa shape index (κ2) is 2.79. The number of carbonyl (C=O) groups excluding carboxylic acids is 1. The van der Waals surface area contributed by atoms with E-state index in [4.69, 9.17) is 4.74 Å². The molecule has 2 aliphatic carbocycles. The summed E-state index contributed by atoms with van der Waals surface area (Å²) in [7, 11) is -2.30. The molecule has 3 rings (SSSR count). The number of rotatable bonds is 1. The molecule has 0 amide bonds. The maximum atomic E-state index is 12.1. The average Bonchev–Trinajstić information content (AvgIpc) is 2.79. The topological polar surface area (TPSA) is 72.5 Å². The standard InChI is InChI=1S/C10H15NO4S/c1-5-6-3-7-8(5)11-16(13,14)10(7,4-6)9(12)15-2/h5-8,11H,3-4H2,1-2H3. The van der Waals surface area contributed by atoms with Crippen LogP contribution in [0.4, 0.5) is 0 Å². The summed E-state index contributed by atoms with van der Waals surface area (Å²) in [5.41, 5.74) is 0. The van der Waals surface area contributed by atoms with Crippen LogP contribution in [-0.4, -0.2) is 32.3 Å². The molecule has 2 bridgehead atoms. The summed E-state index contributed by atoms with van der Waals surface area (Å²) in [6, 6.07) is -0.0668. The predicted molar refractivity (Wildman–Crippen MR) is 56.0 cm³/mol. The lowest BCUT2D eigenvalue weighted by Crippen LogP contribution is -2.49. The van der Waals surface area contributed by atoms with Gasteiger partial charge >= 0.3 is 5.97 Å². The molecule has 2 saturated carbocycles. The van der Waals surface area contributed by atoms with Gasteiger partial charge in [0.25, 0.3) is 0 Å². The van der Waals surface area contributed by atoms with Crippen LogP contribution < -0.4 is 4.72 Å². The largest absolute Gasteiger partial charge is 0.468 e. The van der Waals surface area contributed by atoms with Gasteiger partial charge < -0.3 is 4.74 Å². The Morgan fingerprint density at radius 2 is 2.19 bits per heavy atom. The number of hydrogen-bond acceptors (Lipinski definition) is 4. The quantitative estimate of drug-likeness (QED) is 0.653. The summed E-state index contributed by atoms with van der Waals surface area (Å²) in [5.74, 6) is -0.00854. The van der Waals surface area contributed by atoms with Gasteiger partial charge in [0.05, 0.1) is 7.11 Å². The van der Waals surface area contributed by atoms with Crippen molar-refractivity contribution in [3.05, 3.63) is 0 Å². The molecular weight excluding hydrogens is 230 g/mol. The number of nitrogens with one attached hydrogen (secondary N) is 1. The molecule has 1 N–H and O–H groups in total. The Kier molecular flexibility index (Phi) is 1.84. The minimum absolute atomic E-state index is 0.0668. The fourth-order valence-corrected chi connectivity index (χ4v) is 6.26. The van der Waals surface area contributed by atoms with Crippen molar-refractivity contribution in [2.75, 3.05) is 7.11 Å². The van der Waals surface area contributed by atoms with E-state index in [0.29, 0.717) is 18.3 Å². The molecule has 3 fully saturated rings. The molecule has 3 aliphatic rings. The summed E-state index contributed by atoms with van der Waals surface area (Å²) >= 11 is 0. The highest BCUT2D eigenvalue weighted by molar-refractivity contribution is 7.92. The van der Waals surface area contributed by atoms with Crippen molar-refractivity contribution in [2.24, 2.45) is 17.8 Å². The van der Waals surface area contributed by atoms with Crippen molar-refractivity contribution in [3.8, 4) is 0 Å². The number of fused-ring (bicyclic) bond motifs is 1. The zero-order valence-electron chi connectivity index (χ0n) is 9.26. The molecule has 16 heavy (non-hydrogen) atoms. The molecule has 6 heteroatoms. The zero-order valence-corrected chi connectivity index (χ0v) is 10.1. The third kappa shape index (κ3) is 0.876. The molecule has 90 valence electrons. The molecule has 5 nitrogen and oxygen atoms in total. The Labute approximate surface area is 94.6 Å². The Hall–Kier alpha value is -0.620. The van der Waals surface area contributed by atoms with Gasteiger partial charge in [0.15, 0.2) is 4.75 Å². The van der Waals surface area contributed by atoms with Crippen LogP contribution in [0.25, 0.3) is 0 Å². The lowest BCUT2D eigenvalue weighted by Gasteiger charge is -2.29. The smallest absolute Gasteiger partial charge is 0.329 e. The Morgan fingerprint density at radius 3 is 2.75 bits per heavy atom. The van der Waals surface area contributed by atoms with Gasteiger partial charge in [0, 0.05) is 12.0 Å². The molecule has 0 aromatic carbocycles. The van der Waals surface area contributed by atoms with E-state index in [-0.39, 0.29) is 12.0 Å². The first-order chi connectivity index (χ1) is 7.44. The number of hydrogen-bond donors (Lipinski definition) is 1. The van der Waals surface area contributed by atoms with Gasteiger partial charge in [-0.1, -0.05) is 6.92 Å². The maximum Gasteiger partial charge on any atom is 0.329 e. The van der Waals surface area contributed by atoms with Gasteiger partial charge in [0.2, 0.25) is 10.0 Å². The average molecular weight is 245 g/mol. The fourth-order valence-electron chi connectivity index (χ4n) is 3.94. The molecule has 0 aromatic heterocycles. The van der Waals surface area contributed by atoms with Gasteiger partial charge in [-0.25, -0.2) is 13.1 Å². The van der Waals surface area contributed by atoms with E-state index in [0.717, 1.165) is 6.42 Å². The minimum Gasteiger partial charge on any atom is -0.468 e. The van der Waals surface area contributed by atoms with E-state index >= 15 is 0 Å². The maximum absolute atomic E-state index is 12.1. The van der Waals surface area contributed by atoms with Crippen LogP contribution in [0.3, 0.4) is 0 Å². The zero-order chi connectivity index (χ0) is 11.7. The highest BCUT2D eigenvalue weighted by Crippen LogP contribution is 2.60. The van der Waals surface area contributed by atoms with Crippen LogP contribution in [0, 0.1) is 17.8 Å². The van der Waals surface area contributed by atoms with Crippen LogP contribution in [0.15, 0.2) is 0 Å². The lowest BCUT2D eigenvalue weighted by molar-refractivity contribution is -0.145. The fraction of sp³-hybridized carbons (Fsp3) is 0.900. The summed E-state index contributed by atoms with van der Waals surface area (Å²) in [4.78, 5) is 11.9. The molecule has 1 saturated heterocycles. The van der Waals surface area contributed by atoms with Crippen LogP contribution in [0.5, 0.6) is 0 Å². The molecule has 1 heterocycles. The van der Waals surface area contributed by atoms with Crippen molar-refractivity contribution < 1.29 is 17.9 Å². The number of methoxy groups -OCH3 is 1. The number of sulfonamides is 1. The molecule has 1 aliphatic heterocycles. The normalized spacial score (nSPS) is 51.9. The first-order valence-electron chi connectivity index (χ1n) is 5.54. The van der Waals surface area contributed by atoms with E-state index in [9.17, 15) is 13.2 Å². The molecule has 0 radical (unpaired) electrons. The second-order valence-corrected chi connectivity index (χ2v) is 7.16. The third-order valence-electron chi connectivity index (χ3n) is 4.77. The molecular formula is C10H15NO4S. The Bertz CT molecular complexity index is 459. The molecule has 0 aromatic rings. The van der Waals surface area contributed by atoms with E-state index < -0.39 is 20.7 Å². The van der Waals surface area contributed by atoms with Crippen molar-refractivity contribution >= 4 is 16.0 Å². The summed E-state index contributed by atoms with van der Waals surface area (Å²) in [6.07, 6.45) is 1.25. The molecule has 5 unspecified atom stereocenters. The SMILES string of the molecule is COC(=O)C12CC3CC1C(NS2(=O)=O)C3C. The van der Waals surface area contributed by atoms with Crippen molar-refractivity contribution in [2.45, 2.75) is 30.6 Å². The minimum atomic E-state index is -3.56. The Morgan fingerprint density at radius 1 is 1.50 bits per heavy atom. The van der Waals surface area contributed by atoms with E-state index in [1.54, 1.807) is 0 Å². The second-order valence-electron chi connectivity index (χ2n) is 5.19. The third-order valence-corrected chi connectivity index (χ3v) is 6.94. The van der Waals surface area contributed by atoms with E-state index in [1.807, 2.05) is 0 Å². The summed E-state index contributed by atoms with van der Waals surface area (Å²) < 4.78 is 30.4. The van der Waals surface area contributed by atoms with Crippen molar-refractivity contribution in [1.29, 1.82) is 0 Å². The number of esters is 1. The Balaban J connectivity index is 2.16. The van der Waals surface area contributed by atoms with Gasteiger partial charge in [-0.05, 0) is 24.7 Å². The first-order valence-corrected chi connectivity index (χ1v) is 7.02. The molecule has 5 atom stereocenters. The van der Waals surface area contributed by atoms with Crippen LogP contribution in [0.1, 0.15) is 19.8 Å². The lowest BCUT2D eigenvalue weighted by atomic mass is 9.79. The summed E-state index contributed by atoms with van der Waals surface area (Å²) in [5, 5.41) is 0. The van der Waals surface area contributed by atoms with E-state index in [2.05, 4.69) is 11.6 Å². The van der Waals surface area contributed by atoms with Gasteiger partial charge in [-0.2, -0.15) is 0 Å². The highest BCUT2D eigenvalue weighted by Gasteiger charge is 2.74. The van der Waals surface area contributed by atoms with Crippen molar-refractivity contribution in [1.82, 2.24) is 4.72 Å². The van der Waals surface area contributed by atoms with Crippen LogP contribution >= 0.6 is 0 Å². The van der Waals surface area contributed by atoms with Crippen molar-refractivity contribution in [3.63, 3.8) is 0 Å². The first kappa shape index (κ1) is 10.5. The summed E-state index contributed by atoms with van der Waals surface area (Å²) in [6.45, 7) is 2.06. The van der Waals surface area contributed by atoms with E-state index in [1.165, 1.54) is 7.11 Å². The predicted octanol–water partition coefficient (Wildman–Crippen LogP) is -0.124. The number of carbonyl (C=O) groups is 1. The highest BCUT2D eigenvalue weighted by atomic mass is 32.2. The monoisotopic (exact) mass is 245 g/mol. The van der Waals surface area contributed by atoms with Gasteiger partial charge in [-0.3, -0.25) is 4.79 Å². The van der Waals surface area contributed by atoms with Gasteiger partial charge in [0.1, 0.15) is 0 Å². The molecule has 0 spiro atoms. The van der Waals surface area contributed by atoms with Crippen LogP contribution in [-0.2, 0) is 19.6 Å².